The number of ketones is 1. The predicted octanol–water partition coefficient (Wildman–Crippen LogP) is 0.654. The second kappa shape index (κ2) is 5.91. The Hall–Kier alpha value is -0.670. The molecule has 0 aliphatic carbocycles. The Labute approximate surface area is 72.7 Å². The van der Waals surface area contributed by atoms with Gasteiger partial charge in [0, 0.05) is 0 Å². The average molecular weight is 172 g/mol. The molecule has 0 aromatic carbocycles. The summed E-state index contributed by atoms with van der Waals surface area (Å²) in [5, 5.41) is 18.3. The van der Waals surface area contributed by atoms with Crippen molar-refractivity contribution in [3.8, 4) is 0 Å². The fourth-order valence-electron chi connectivity index (χ4n) is 0.803. The van der Waals surface area contributed by atoms with Gasteiger partial charge in [-0.1, -0.05) is 13.0 Å². The van der Waals surface area contributed by atoms with Gasteiger partial charge in [0.25, 0.3) is 0 Å². The first kappa shape index (κ1) is 11.3. The minimum absolute atomic E-state index is 0.0480. The standard InChI is InChI=1S/C9H16O3/c1-3-8(11)9(12)6-4-5-7(2)10/h4-5,8-9,11-12H,3,6H2,1-2H3/b5-4+/t8-,9-/m1/s1. The maximum Gasteiger partial charge on any atom is 0.152 e. The summed E-state index contributed by atoms with van der Waals surface area (Å²) in [6.45, 7) is 3.24. The number of carbonyl (C=O) groups excluding carboxylic acids is 1. The van der Waals surface area contributed by atoms with Crippen molar-refractivity contribution in [2.24, 2.45) is 0 Å². The highest BCUT2D eigenvalue weighted by molar-refractivity contribution is 5.87. The molecule has 0 heterocycles. The van der Waals surface area contributed by atoms with E-state index in [0.29, 0.717) is 12.8 Å². The van der Waals surface area contributed by atoms with E-state index in [2.05, 4.69) is 0 Å². The van der Waals surface area contributed by atoms with Crippen LogP contribution in [0, 0.1) is 0 Å². The molecule has 0 saturated carbocycles. The number of hydrogen-bond acceptors (Lipinski definition) is 3. The molecule has 0 fully saturated rings. The van der Waals surface area contributed by atoms with Gasteiger partial charge in [-0.2, -0.15) is 0 Å². The molecule has 0 unspecified atom stereocenters. The lowest BCUT2D eigenvalue weighted by molar-refractivity contribution is -0.112. The highest BCUT2D eigenvalue weighted by Crippen LogP contribution is 2.03. The fraction of sp³-hybridized carbons (Fsp3) is 0.667. The minimum Gasteiger partial charge on any atom is -0.390 e. The number of rotatable bonds is 5. The van der Waals surface area contributed by atoms with Crippen LogP contribution in [0.1, 0.15) is 26.7 Å². The monoisotopic (exact) mass is 172 g/mol. The van der Waals surface area contributed by atoms with Gasteiger partial charge in [0.15, 0.2) is 5.78 Å². The molecule has 0 aromatic heterocycles. The molecule has 0 amide bonds. The third-order valence-electron chi connectivity index (χ3n) is 1.59. The van der Waals surface area contributed by atoms with E-state index in [-0.39, 0.29) is 5.78 Å². The van der Waals surface area contributed by atoms with Crippen LogP contribution in [0.15, 0.2) is 12.2 Å². The lowest BCUT2D eigenvalue weighted by Gasteiger charge is -2.13. The highest BCUT2D eigenvalue weighted by atomic mass is 16.3. The zero-order chi connectivity index (χ0) is 9.56. The molecule has 0 aliphatic heterocycles. The Morgan fingerprint density at radius 2 is 2.00 bits per heavy atom. The summed E-state index contributed by atoms with van der Waals surface area (Å²) in [6, 6.07) is 0. The molecule has 0 aromatic rings. The van der Waals surface area contributed by atoms with Gasteiger partial charge in [0.1, 0.15) is 0 Å². The number of hydrogen-bond donors (Lipinski definition) is 2. The first-order valence-electron chi connectivity index (χ1n) is 4.11. The first-order chi connectivity index (χ1) is 5.57. The molecule has 2 atom stereocenters. The van der Waals surface area contributed by atoms with Gasteiger partial charge in [-0.05, 0) is 25.8 Å². The van der Waals surface area contributed by atoms with E-state index in [1.165, 1.54) is 13.0 Å². The summed E-state index contributed by atoms with van der Waals surface area (Å²) in [5.41, 5.74) is 0. The molecule has 0 saturated heterocycles. The van der Waals surface area contributed by atoms with E-state index in [0.717, 1.165) is 0 Å². The molecule has 3 nitrogen and oxygen atoms in total. The number of aliphatic hydroxyl groups is 2. The summed E-state index contributed by atoms with van der Waals surface area (Å²) in [6.07, 6.45) is 2.37. The maximum absolute atomic E-state index is 10.4. The maximum atomic E-state index is 10.4. The van der Waals surface area contributed by atoms with Crippen molar-refractivity contribution < 1.29 is 15.0 Å². The molecule has 0 rings (SSSR count). The third-order valence-corrected chi connectivity index (χ3v) is 1.59. The normalized spacial score (nSPS) is 16.3. The highest BCUT2D eigenvalue weighted by Gasteiger charge is 2.11. The van der Waals surface area contributed by atoms with Crippen molar-refractivity contribution in [1.82, 2.24) is 0 Å². The number of carbonyl (C=O) groups is 1. The lowest BCUT2D eigenvalue weighted by Crippen LogP contribution is -2.24. The molecule has 0 bridgehead atoms. The van der Waals surface area contributed by atoms with Gasteiger partial charge in [-0.25, -0.2) is 0 Å². The average Bonchev–Trinajstić information content (AvgIpc) is 2.02. The van der Waals surface area contributed by atoms with E-state index >= 15 is 0 Å². The van der Waals surface area contributed by atoms with Crippen molar-refractivity contribution in [2.75, 3.05) is 0 Å². The van der Waals surface area contributed by atoms with Gasteiger partial charge in [0.2, 0.25) is 0 Å². The smallest absolute Gasteiger partial charge is 0.152 e. The molecule has 2 N–H and O–H groups in total. The second-order valence-corrected chi connectivity index (χ2v) is 2.79. The molecule has 70 valence electrons. The van der Waals surface area contributed by atoms with Crippen molar-refractivity contribution in [3.05, 3.63) is 12.2 Å². The Morgan fingerprint density at radius 1 is 1.42 bits per heavy atom. The van der Waals surface area contributed by atoms with Crippen LogP contribution in [-0.2, 0) is 4.79 Å². The molecule has 3 heteroatoms. The predicted molar refractivity (Wildman–Crippen MR) is 46.7 cm³/mol. The topological polar surface area (TPSA) is 57.5 Å². The van der Waals surface area contributed by atoms with Crippen LogP contribution >= 0.6 is 0 Å². The molecule has 12 heavy (non-hydrogen) atoms. The van der Waals surface area contributed by atoms with Crippen LogP contribution in [0.2, 0.25) is 0 Å². The van der Waals surface area contributed by atoms with Crippen LogP contribution in [0.3, 0.4) is 0 Å². The zero-order valence-electron chi connectivity index (χ0n) is 7.53. The fourth-order valence-corrected chi connectivity index (χ4v) is 0.803. The van der Waals surface area contributed by atoms with Crippen molar-refractivity contribution in [3.63, 3.8) is 0 Å². The van der Waals surface area contributed by atoms with Crippen molar-refractivity contribution >= 4 is 5.78 Å². The molecular formula is C9H16O3. The van der Waals surface area contributed by atoms with Gasteiger partial charge < -0.3 is 10.2 Å². The van der Waals surface area contributed by atoms with Crippen molar-refractivity contribution in [1.29, 1.82) is 0 Å². The Balaban J connectivity index is 3.70. The van der Waals surface area contributed by atoms with Gasteiger partial charge in [-0.15, -0.1) is 0 Å². The molecule has 0 aliphatic rings. The van der Waals surface area contributed by atoms with Gasteiger partial charge >= 0.3 is 0 Å². The number of allylic oxidation sites excluding steroid dienone is 1. The SMILES string of the molecule is CC[C@@H](O)[C@H](O)C/C=C/C(C)=O. The number of aliphatic hydroxyl groups excluding tert-OH is 2. The summed E-state index contributed by atoms with van der Waals surface area (Å²) in [7, 11) is 0. The van der Waals surface area contributed by atoms with E-state index < -0.39 is 12.2 Å². The van der Waals surface area contributed by atoms with Crippen LogP contribution in [-0.4, -0.2) is 28.2 Å². The molecular weight excluding hydrogens is 156 g/mol. The summed E-state index contributed by atoms with van der Waals surface area (Å²) < 4.78 is 0. The Morgan fingerprint density at radius 3 is 2.42 bits per heavy atom. The lowest BCUT2D eigenvalue weighted by atomic mass is 10.1. The quantitative estimate of drug-likeness (QED) is 0.599. The van der Waals surface area contributed by atoms with Crippen LogP contribution in [0.5, 0.6) is 0 Å². The summed E-state index contributed by atoms with van der Waals surface area (Å²) >= 11 is 0. The second-order valence-electron chi connectivity index (χ2n) is 2.79. The minimum atomic E-state index is -0.759. The third kappa shape index (κ3) is 5.04. The van der Waals surface area contributed by atoms with Crippen LogP contribution in [0.4, 0.5) is 0 Å². The first-order valence-corrected chi connectivity index (χ1v) is 4.11. The Bertz CT molecular complexity index is 163. The van der Waals surface area contributed by atoms with Gasteiger partial charge in [0.05, 0.1) is 12.2 Å². The zero-order valence-corrected chi connectivity index (χ0v) is 7.53. The molecule has 0 radical (unpaired) electrons. The van der Waals surface area contributed by atoms with E-state index in [1.807, 2.05) is 0 Å². The summed E-state index contributed by atoms with van der Waals surface area (Å²) in [5.74, 6) is -0.0480. The summed E-state index contributed by atoms with van der Waals surface area (Å²) in [4.78, 5) is 10.4. The van der Waals surface area contributed by atoms with E-state index in [4.69, 9.17) is 5.11 Å². The van der Waals surface area contributed by atoms with Crippen LogP contribution in [0.25, 0.3) is 0 Å². The van der Waals surface area contributed by atoms with E-state index in [1.54, 1.807) is 13.0 Å². The van der Waals surface area contributed by atoms with Crippen LogP contribution < -0.4 is 0 Å². The van der Waals surface area contributed by atoms with Gasteiger partial charge in [-0.3, -0.25) is 4.79 Å². The van der Waals surface area contributed by atoms with E-state index in [9.17, 15) is 9.90 Å². The molecule has 0 spiro atoms. The largest absolute Gasteiger partial charge is 0.390 e. The Kier molecular flexibility index (Phi) is 5.58. The van der Waals surface area contributed by atoms with Crippen molar-refractivity contribution in [2.45, 2.75) is 38.9 Å².